The molecule has 0 aliphatic heterocycles. The van der Waals surface area contributed by atoms with Gasteiger partial charge in [-0.3, -0.25) is 4.79 Å². The van der Waals surface area contributed by atoms with Gasteiger partial charge in [0.25, 0.3) is 0 Å². The summed E-state index contributed by atoms with van der Waals surface area (Å²) in [4.78, 5) is 13.9. The number of nitrogens with one attached hydrogen (secondary N) is 1. The number of rotatable bonds is 6. The molecule has 0 fully saturated rings. The van der Waals surface area contributed by atoms with E-state index in [4.69, 9.17) is 0 Å². The van der Waals surface area contributed by atoms with Gasteiger partial charge in [0.15, 0.2) is 0 Å². The normalized spacial score (nSPS) is 10.3. The van der Waals surface area contributed by atoms with E-state index >= 15 is 0 Å². The number of anilines is 1. The Balaban J connectivity index is 1.76. The van der Waals surface area contributed by atoms with Gasteiger partial charge in [0.05, 0.1) is 0 Å². The van der Waals surface area contributed by atoms with Crippen molar-refractivity contribution in [1.29, 1.82) is 0 Å². The minimum absolute atomic E-state index is 0.000936. The standard InChI is InChI=1S/C18H21FN2O/c1-21(2)17-10-5-14(6-11-17)7-12-18(22)20-13-15-3-8-16(19)9-4-15/h3-6,8-11H,7,12-13H2,1-2H3,(H,20,22). The van der Waals surface area contributed by atoms with Gasteiger partial charge in [-0.2, -0.15) is 0 Å². The van der Waals surface area contributed by atoms with Gasteiger partial charge in [-0.25, -0.2) is 4.39 Å². The fourth-order valence-corrected chi connectivity index (χ4v) is 2.11. The quantitative estimate of drug-likeness (QED) is 0.889. The molecule has 2 aromatic carbocycles. The summed E-state index contributed by atoms with van der Waals surface area (Å²) in [5.41, 5.74) is 3.18. The predicted molar refractivity (Wildman–Crippen MR) is 87.3 cm³/mol. The Hall–Kier alpha value is -2.36. The van der Waals surface area contributed by atoms with Crippen LogP contribution >= 0.6 is 0 Å². The molecule has 22 heavy (non-hydrogen) atoms. The van der Waals surface area contributed by atoms with Crippen LogP contribution in [0.1, 0.15) is 17.5 Å². The summed E-state index contributed by atoms with van der Waals surface area (Å²) in [6.07, 6.45) is 1.16. The van der Waals surface area contributed by atoms with Crippen LogP contribution in [0.4, 0.5) is 10.1 Å². The highest BCUT2D eigenvalue weighted by atomic mass is 19.1. The number of aryl methyl sites for hydroxylation is 1. The lowest BCUT2D eigenvalue weighted by atomic mass is 10.1. The Bertz CT molecular complexity index is 606. The van der Waals surface area contributed by atoms with Crippen LogP contribution in [-0.4, -0.2) is 20.0 Å². The monoisotopic (exact) mass is 300 g/mol. The van der Waals surface area contributed by atoms with Crippen LogP contribution in [-0.2, 0) is 17.8 Å². The van der Waals surface area contributed by atoms with Gasteiger partial charge in [-0.15, -0.1) is 0 Å². The van der Waals surface area contributed by atoms with Crippen LogP contribution < -0.4 is 10.2 Å². The van der Waals surface area contributed by atoms with E-state index in [1.54, 1.807) is 12.1 Å². The summed E-state index contributed by atoms with van der Waals surface area (Å²) < 4.78 is 12.8. The molecular formula is C18H21FN2O. The second-order valence-electron chi connectivity index (χ2n) is 5.46. The van der Waals surface area contributed by atoms with Crippen molar-refractivity contribution >= 4 is 11.6 Å². The highest BCUT2D eigenvalue weighted by Crippen LogP contribution is 2.13. The van der Waals surface area contributed by atoms with E-state index < -0.39 is 0 Å². The van der Waals surface area contributed by atoms with Crippen molar-refractivity contribution in [2.45, 2.75) is 19.4 Å². The lowest BCUT2D eigenvalue weighted by Crippen LogP contribution is -2.23. The summed E-state index contributed by atoms with van der Waals surface area (Å²) in [6.45, 7) is 0.429. The molecule has 116 valence electrons. The van der Waals surface area contributed by atoms with Crippen molar-refractivity contribution in [2.24, 2.45) is 0 Å². The molecule has 0 atom stereocenters. The number of nitrogens with zero attached hydrogens (tertiary/aromatic N) is 1. The van der Waals surface area contributed by atoms with Crippen molar-refractivity contribution < 1.29 is 9.18 Å². The third-order valence-electron chi connectivity index (χ3n) is 3.50. The zero-order valence-electron chi connectivity index (χ0n) is 13.0. The molecule has 1 amide bonds. The molecule has 3 nitrogen and oxygen atoms in total. The van der Waals surface area contributed by atoms with Gasteiger partial charge < -0.3 is 10.2 Å². The number of halogens is 1. The van der Waals surface area contributed by atoms with Crippen LogP contribution in [0.5, 0.6) is 0 Å². The molecule has 0 heterocycles. The highest BCUT2D eigenvalue weighted by Gasteiger charge is 2.03. The van der Waals surface area contributed by atoms with Crippen LogP contribution in [0.2, 0.25) is 0 Å². The van der Waals surface area contributed by atoms with Crippen molar-refractivity contribution in [3.8, 4) is 0 Å². The number of hydrogen-bond acceptors (Lipinski definition) is 2. The third-order valence-corrected chi connectivity index (χ3v) is 3.50. The topological polar surface area (TPSA) is 32.3 Å². The largest absolute Gasteiger partial charge is 0.378 e. The predicted octanol–water partition coefficient (Wildman–Crippen LogP) is 3.14. The van der Waals surface area contributed by atoms with Gasteiger partial charge >= 0.3 is 0 Å². The number of carbonyl (C=O) groups excluding carboxylic acids is 1. The zero-order chi connectivity index (χ0) is 15.9. The maximum Gasteiger partial charge on any atom is 0.220 e. The molecule has 0 aliphatic carbocycles. The fourth-order valence-electron chi connectivity index (χ4n) is 2.11. The molecule has 0 bridgehead atoms. The first-order chi connectivity index (χ1) is 10.5. The third kappa shape index (κ3) is 4.88. The highest BCUT2D eigenvalue weighted by molar-refractivity contribution is 5.76. The van der Waals surface area contributed by atoms with Gasteiger partial charge in [-0.05, 0) is 41.8 Å². The van der Waals surface area contributed by atoms with Crippen molar-refractivity contribution in [3.05, 3.63) is 65.5 Å². The maximum absolute atomic E-state index is 12.8. The lowest BCUT2D eigenvalue weighted by Gasteiger charge is -2.12. The van der Waals surface area contributed by atoms with E-state index in [9.17, 15) is 9.18 Å². The summed E-state index contributed by atoms with van der Waals surface area (Å²) in [6, 6.07) is 14.3. The first kappa shape index (κ1) is 16.0. The van der Waals surface area contributed by atoms with Gasteiger partial charge in [0, 0.05) is 32.7 Å². The van der Waals surface area contributed by atoms with E-state index in [1.807, 2.05) is 43.3 Å². The number of hydrogen-bond donors (Lipinski definition) is 1. The first-order valence-electron chi connectivity index (χ1n) is 7.32. The molecule has 1 N–H and O–H groups in total. The Kier molecular flexibility index (Phi) is 5.53. The Morgan fingerprint density at radius 3 is 2.18 bits per heavy atom. The molecule has 0 unspecified atom stereocenters. The Labute approximate surface area is 130 Å². The number of carbonyl (C=O) groups is 1. The maximum atomic E-state index is 12.8. The van der Waals surface area contributed by atoms with Crippen molar-refractivity contribution in [1.82, 2.24) is 5.32 Å². The second kappa shape index (κ2) is 7.59. The summed E-state index contributed by atoms with van der Waals surface area (Å²) >= 11 is 0. The molecular weight excluding hydrogens is 279 g/mol. The molecule has 0 radical (unpaired) electrons. The zero-order valence-corrected chi connectivity index (χ0v) is 13.0. The summed E-state index contributed by atoms with van der Waals surface area (Å²) in [5.74, 6) is -0.266. The van der Waals surface area contributed by atoms with Gasteiger partial charge in [-0.1, -0.05) is 24.3 Å². The van der Waals surface area contributed by atoms with Gasteiger partial charge in [0.2, 0.25) is 5.91 Å². The van der Waals surface area contributed by atoms with Crippen LogP contribution in [0.3, 0.4) is 0 Å². The van der Waals surface area contributed by atoms with Crippen LogP contribution in [0.15, 0.2) is 48.5 Å². The van der Waals surface area contributed by atoms with Crippen LogP contribution in [0, 0.1) is 5.82 Å². The van der Waals surface area contributed by atoms with E-state index in [0.29, 0.717) is 19.4 Å². The molecule has 2 rings (SSSR count). The molecule has 0 saturated carbocycles. The molecule has 0 spiro atoms. The smallest absolute Gasteiger partial charge is 0.220 e. The first-order valence-corrected chi connectivity index (χ1v) is 7.32. The fraction of sp³-hybridized carbons (Fsp3) is 0.278. The Morgan fingerprint density at radius 2 is 1.59 bits per heavy atom. The number of amides is 1. The van der Waals surface area contributed by atoms with Crippen LogP contribution in [0.25, 0.3) is 0 Å². The molecule has 4 heteroatoms. The average Bonchev–Trinajstić information content (AvgIpc) is 2.52. The van der Waals surface area contributed by atoms with Gasteiger partial charge in [0.1, 0.15) is 5.82 Å². The summed E-state index contributed by atoms with van der Waals surface area (Å²) in [7, 11) is 4.00. The SMILES string of the molecule is CN(C)c1ccc(CCC(=O)NCc2ccc(F)cc2)cc1. The molecule has 0 saturated heterocycles. The summed E-state index contributed by atoms with van der Waals surface area (Å²) in [5, 5.41) is 2.85. The minimum atomic E-state index is -0.267. The molecule has 2 aromatic rings. The van der Waals surface area contributed by atoms with E-state index in [1.165, 1.54) is 12.1 Å². The van der Waals surface area contributed by atoms with E-state index in [2.05, 4.69) is 5.32 Å². The second-order valence-corrected chi connectivity index (χ2v) is 5.46. The van der Waals surface area contributed by atoms with E-state index in [0.717, 1.165) is 16.8 Å². The average molecular weight is 300 g/mol. The minimum Gasteiger partial charge on any atom is -0.378 e. The molecule has 0 aromatic heterocycles. The van der Waals surface area contributed by atoms with Crippen molar-refractivity contribution in [3.63, 3.8) is 0 Å². The Morgan fingerprint density at radius 1 is 1.00 bits per heavy atom. The number of benzene rings is 2. The molecule has 0 aliphatic rings. The lowest BCUT2D eigenvalue weighted by molar-refractivity contribution is -0.121. The van der Waals surface area contributed by atoms with E-state index in [-0.39, 0.29) is 11.7 Å². The van der Waals surface area contributed by atoms with Crippen molar-refractivity contribution in [2.75, 3.05) is 19.0 Å².